The van der Waals surface area contributed by atoms with Crippen molar-refractivity contribution >= 4 is 29.0 Å². The number of halogens is 1. The molecule has 1 aromatic heterocycles. The molecule has 0 bridgehead atoms. The van der Waals surface area contributed by atoms with Crippen molar-refractivity contribution in [2.45, 2.75) is 11.9 Å². The van der Waals surface area contributed by atoms with Crippen LogP contribution in [0.5, 0.6) is 0 Å². The van der Waals surface area contributed by atoms with Crippen LogP contribution in [-0.2, 0) is 4.79 Å². The van der Waals surface area contributed by atoms with Crippen molar-refractivity contribution in [3.8, 4) is 11.3 Å². The molecule has 9 heteroatoms. The molecule has 1 heterocycles. The van der Waals surface area contributed by atoms with Gasteiger partial charge in [0.2, 0.25) is 11.7 Å². The molecule has 7 nitrogen and oxygen atoms in total. The molecule has 3 aromatic rings. The maximum atomic E-state index is 13.3. The normalized spacial score (nSPS) is 10.5. The van der Waals surface area contributed by atoms with Crippen LogP contribution in [0.3, 0.4) is 0 Å². The van der Waals surface area contributed by atoms with Crippen LogP contribution in [0, 0.1) is 22.9 Å². The standard InChI is InChI=1S/C19H15FN4O3S/c1-12-2-4-13(5-3-12)16-8-9-19(23-22-16)28-11-18(25)21-14-6-7-15(20)17(10-14)24(26)27/h2-10H,11H2,1H3,(H,21,25). The number of hydrogen-bond acceptors (Lipinski definition) is 6. The summed E-state index contributed by atoms with van der Waals surface area (Å²) in [5.41, 5.74) is 2.29. The second kappa shape index (κ2) is 8.57. The van der Waals surface area contributed by atoms with Gasteiger partial charge in [0.1, 0.15) is 5.03 Å². The maximum absolute atomic E-state index is 13.3. The summed E-state index contributed by atoms with van der Waals surface area (Å²) in [4.78, 5) is 21.9. The van der Waals surface area contributed by atoms with Crippen LogP contribution in [0.15, 0.2) is 59.6 Å². The van der Waals surface area contributed by atoms with Crippen molar-refractivity contribution in [3.05, 3.63) is 76.1 Å². The number of aromatic nitrogens is 2. The lowest BCUT2D eigenvalue weighted by molar-refractivity contribution is -0.387. The maximum Gasteiger partial charge on any atom is 0.306 e. The highest BCUT2D eigenvalue weighted by atomic mass is 32.2. The van der Waals surface area contributed by atoms with E-state index >= 15 is 0 Å². The van der Waals surface area contributed by atoms with Crippen LogP contribution < -0.4 is 5.32 Å². The van der Waals surface area contributed by atoms with E-state index in [0.717, 1.165) is 29.0 Å². The first-order valence-electron chi connectivity index (χ1n) is 8.20. The average molecular weight is 398 g/mol. The summed E-state index contributed by atoms with van der Waals surface area (Å²) < 4.78 is 13.3. The Kier molecular flexibility index (Phi) is 5.95. The molecule has 1 amide bonds. The van der Waals surface area contributed by atoms with E-state index in [1.807, 2.05) is 37.3 Å². The van der Waals surface area contributed by atoms with Gasteiger partial charge in [0.05, 0.1) is 16.4 Å². The van der Waals surface area contributed by atoms with Gasteiger partial charge in [0.25, 0.3) is 0 Å². The average Bonchev–Trinajstić information content (AvgIpc) is 2.69. The highest BCUT2D eigenvalue weighted by Gasteiger charge is 2.15. The quantitative estimate of drug-likeness (QED) is 0.379. The molecule has 28 heavy (non-hydrogen) atoms. The van der Waals surface area contributed by atoms with Gasteiger partial charge in [-0.1, -0.05) is 41.6 Å². The first-order valence-corrected chi connectivity index (χ1v) is 9.18. The van der Waals surface area contributed by atoms with E-state index in [1.54, 1.807) is 6.07 Å². The Bertz CT molecular complexity index is 1010. The van der Waals surface area contributed by atoms with E-state index in [9.17, 15) is 19.3 Å². The van der Waals surface area contributed by atoms with Crippen LogP contribution in [0.4, 0.5) is 15.8 Å². The topological polar surface area (TPSA) is 98.0 Å². The first kappa shape index (κ1) is 19.4. The predicted molar refractivity (Wildman–Crippen MR) is 105 cm³/mol. The summed E-state index contributed by atoms with van der Waals surface area (Å²) in [6, 6.07) is 14.7. The highest BCUT2D eigenvalue weighted by molar-refractivity contribution is 7.99. The molecular formula is C19H15FN4O3S. The number of nitro groups is 1. The van der Waals surface area contributed by atoms with E-state index < -0.39 is 22.3 Å². The smallest absolute Gasteiger partial charge is 0.306 e. The molecule has 0 aliphatic carbocycles. The summed E-state index contributed by atoms with van der Waals surface area (Å²) in [6.07, 6.45) is 0. The summed E-state index contributed by atoms with van der Waals surface area (Å²) in [5, 5.41) is 22.1. The van der Waals surface area contributed by atoms with Gasteiger partial charge in [-0.15, -0.1) is 10.2 Å². The van der Waals surface area contributed by atoms with Gasteiger partial charge in [0, 0.05) is 17.3 Å². The van der Waals surface area contributed by atoms with E-state index in [0.29, 0.717) is 5.03 Å². The summed E-state index contributed by atoms with van der Waals surface area (Å²) in [6.45, 7) is 2.00. The molecule has 2 aromatic carbocycles. The lowest BCUT2D eigenvalue weighted by Crippen LogP contribution is -2.14. The molecule has 0 saturated heterocycles. The Morgan fingerprint density at radius 3 is 2.54 bits per heavy atom. The number of benzene rings is 2. The minimum atomic E-state index is -0.957. The lowest BCUT2D eigenvalue weighted by Gasteiger charge is -2.06. The monoisotopic (exact) mass is 398 g/mol. The molecule has 142 valence electrons. The van der Waals surface area contributed by atoms with E-state index in [-0.39, 0.29) is 11.4 Å². The molecule has 0 saturated carbocycles. The van der Waals surface area contributed by atoms with Gasteiger partial charge in [0.15, 0.2) is 0 Å². The van der Waals surface area contributed by atoms with Crippen LogP contribution in [0.2, 0.25) is 0 Å². The zero-order valence-corrected chi connectivity index (χ0v) is 15.6. The van der Waals surface area contributed by atoms with Crippen molar-refractivity contribution in [1.29, 1.82) is 0 Å². The Morgan fingerprint density at radius 1 is 1.14 bits per heavy atom. The number of thioether (sulfide) groups is 1. The van der Waals surface area contributed by atoms with Gasteiger partial charge in [-0.3, -0.25) is 14.9 Å². The minimum Gasteiger partial charge on any atom is -0.325 e. The van der Waals surface area contributed by atoms with Crippen molar-refractivity contribution < 1.29 is 14.1 Å². The Hall–Kier alpha value is -3.33. The first-order chi connectivity index (χ1) is 13.4. The molecular weight excluding hydrogens is 383 g/mol. The predicted octanol–water partition coefficient (Wildman–Crippen LogP) is 4.23. The number of nitro benzene ring substituents is 1. The Labute approximate surface area is 164 Å². The third-order valence-electron chi connectivity index (χ3n) is 3.77. The SMILES string of the molecule is Cc1ccc(-c2ccc(SCC(=O)Nc3ccc(F)c([N+](=O)[O-])c3)nn2)cc1. The van der Waals surface area contributed by atoms with Crippen molar-refractivity contribution in [1.82, 2.24) is 10.2 Å². The third kappa shape index (κ3) is 4.89. The van der Waals surface area contributed by atoms with Gasteiger partial charge in [-0.05, 0) is 31.2 Å². The summed E-state index contributed by atoms with van der Waals surface area (Å²) in [5.74, 6) is -1.32. The number of rotatable bonds is 6. The van der Waals surface area contributed by atoms with Crippen molar-refractivity contribution in [3.63, 3.8) is 0 Å². The molecule has 0 spiro atoms. The highest BCUT2D eigenvalue weighted by Crippen LogP contribution is 2.23. The third-order valence-corrected chi connectivity index (χ3v) is 4.69. The molecule has 0 unspecified atom stereocenters. The summed E-state index contributed by atoms with van der Waals surface area (Å²) in [7, 11) is 0. The molecule has 0 radical (unpaired) electrons. The molecule has 1 N–H and O–H groups in total. The number of hydrogen-bond donors (Lipinski definition) is 1. The second-order valence-corrected chi connectivity index (χ2v) is 6.88. The van der Waals surface area contributed by atoms with Gasteiger partial charge >= 0.3 is 5.69 Å². The largest absolute Gasteiger partial charge is 0.325 e. The van der Waals surface area contributed by atoms with E-state index in [4.69, 9.17) is 0 Å². The number of nitrogens with one attached hydrogen (secondary N) is 1. The zero-order chi connectivity index (χ0) is 20.1. The number of aryl methyl sites for hydroxylation is 1. The van der Waals surface area contributed by atoms with Gasteiger partial charge in [-0.2, -0.15) is 4.39 Å². The fraction of sp³-hybridized carbons (Fsp3) is 0.105. The van der Waals surface area contributed by atoms with Crippen molar-refractivity contribution in [2.24, 2.45) is 0 Å². The Balaban J connectivity index is 1.58. The van der Waals surface area contributed by atoms with Crippen LogP contribution in [-0.4, -0.2) is 26.8 Å². The molecule has 3 rings (SSSR count). The molecule has 0 aliphatic rings. The minimum absolute atomic E-state index is 0.0315. The Morgan fingerprint density at radius 2 is 1.89 bits per heavy atom. The molecule has 0 aliphatic heterocycles. The molecule has 0 atom stereocenters. The fourth-order valence-corrected chi connectivity index (χ4v) is 2.96. The number of carbonyl (C=O) groups excluding carboxylic acids is 1. The van der Waals surface area contributed by atoms with Crippen LogP contribution >= 0.6 is 11.8 Å². The van der Waals surface area contributed by atoms with E-state index in [2.05, 4.69) is 15.5 Å². The van der Waals surface area contributed by atoms with Crippen molar-refractivity contribution in [2.75, 3.05) is 11.1 Å². The summed E-state index contributed by atoms with van der Waals surface area (Å²) >= 11 is 1.17. The number of amides is 1. The number of carbonyl (C=O) groups is 1. The second-order valence-electron chi connectivity index (χ2n) is 5.88. The number of nitrogens with zero attached hydrogens (tertiary/aromatic N) is 3. The zero-order valence-electron chi connectivity index (χ0n) is 14.8. The van der Waals surface area contributed by atoms with Crippen LogP contribution in [0.1, 0.15) is 5.56 Å². The van der Waals surface area contributed by atoms with Gasteiger partial charge in [-0.25, -0.2) is 0 Å². The molecule has 0 fully saturated rings. The van der Waals surface area contributed by atoms with Gasteiger partial charge < -0.3 is 5.32 Å². The number of anilines is 1. The van der Waals surface area contributed by atoms with Crippen LogP contribution in [0.25, 0.3) is 11.3 Å². The van der Waals surface area contributed by atoms with E-state index in [1.165, 1.54) is 17.8 Å². The lowest BCUT2D eigenvalue weighted by atomic mass is 10.1. The fourth-order valence-electron chi connectivity index (χ4n) is 2.34.